The summed E-state index contributed by atoms with van der Waals surface area (Å²) >= 11 is 0. The summed E-state index contributed by atoms with van der Waals surface area (Å²) in [6, 6.07) is 5.07. The Kier molecular flexibility index (Phi) is 8.25. The molecule has 0 spiro atoms. The first-order valence-corrected chi connectivity index (χ1v) is 12.9. The van der Waals surface area contributed by atoms with Gasteiger partial charge in [0.05, 0.1) is 24.3 Å². The molecule has 15 nitrogen and oxygen atoms in total. The first-order chi connectivity index (χ1) is 19.9. The third-order valence-corrected chi connectivity index (χ3v) is 7.65. The van der Waals surface area contributed by atoms with Gasteiger partial charge in [-0.1, -0.05) is 6.07 Å². The molecule has 3 aliphatic rings. The molecule has 2 saturated heterocycles. The Morgan fingerprint density at radius 1 is 0.690 bits per heavy atom. The Labute approximate surface area is 237 Å². The van der Waals surface area contributed by atoms with Gasteiger partial charge in [-0.15, -0.1) is 0 Å². The van der Waals surface area contributed by atoms with Crippen molar-refractivity contribution in [3.63, 3.8) is 0 Å². The molecule has 2 heterocycles. The Hall–Kier alpha value is -3.22. The average molecular weight is 595 g/mol. The van der Waals surface area contributed by atoms with Crippen molar-refractivity contribution in [2.45, 2.75) is 68.3 Å². The average Bonchev–Trinajstić information content (AvgIpc) is 2.97. The van der Waals surface area contributed by atoms with E-state index in [0.717, 1.165) is 6.07 Å². The number of phenolic OH excluding ortho intramolecular Hbond substituents is 2. The molecule has 5 rings (SSSR count). The van der Waals surface area contributed by atoms with Gasteiger partial charge >= 0.3 is 0 Å². The van der Waals surface area contributed by atoms with E-state index >= 15 is 0 Å². The van der Waals surface area contributed by atoms with Crippen LogP contribution in [0.4, 0.5) is 0 Å². The van der Waals surface area contributed by atoms with Crippen LogP contribution in [0.15, 0.2) is 24.3 Å². The lowest BCUT2D eigenvalue weighted by atomic mass is 9.82. The van der Waals surface area contributed by atoms with Crippen LogP contribution in [0.3, 0.4) is 0 Å². The molecule has 0 radical (unpaired) electrons. The largest absolute Gasteiger partial charge is 0.507 e. The lowest BCUT2D eigenvalue weighted by Gasteiger charge is -2.42. The molecular weight excluding hydrogens is 564 g/mol. The highest BCUT2D eigenvalue weighted by atomic mass is 16.7. The number of aryl methyl sites for hydroxylation is 1. The molecule has 0 saturated carbocycles. The highest BCUT2D eigenvalue weighted by molar-refractivity contribution is 6.30. The number of ether oxygens (including phenoxy) is 4. The number of ketones is 2. The molecule has 0 aromatic heterocycles. The van der Waals surface area contributed by atoms with Crippen LogP contribution in [-0.2, 0) is 14.2 Å². The molecule has 9 N–H and O–H groups in total. The van der Waals surface area contributed by atoms with E-state index in [2.05, 4.69) is 0 Å². The zero-order valence-corrected chi connectivity index (χ0v) is 22.0. The van der Waals surface area contributed by atoms with Crippen LogP contribution in [0.25, 0.3) is 0 Å². The topological polar surface area (TPSA) is 253 Å². The van der Waals surface area contributed by atoms with Gasteiger partial charge in [-0.3, -0.25) is 9.59 Å². The zero-order chi connectivity index (χ0) is 30.6. The van der Waals surface area contributed by atoms with Gasteiger partial charge in [0.2, 0.25) is 6.29 Å². The van der Waals surface area contributed by atoms with Crippen LogP contribution >= 0.6 is 0 Å². The van der Waals surface area contributed by atoms with Crippen molar-refractivity contribution in [3.8, 4) is 17.2 Å². The first kappa shape index (κ1) is 30.2. The van der Waals surface area contributed by atoms with Crippen molar-refractivity contribution in [1.29, 1.82) is 0 Å². The van der Waals surface area contributed by atoms with Crippen LogP contribution in [0.1, 0.15) is 37.4 Å². The van der Waals surface area contributed by atoms with E-state index in [1.807, 2.05) is 0 Å². The normalized spacial score (nSPS) is 34.6. The van der Waals surface area contributed by atoms with Crippen LogP contribution in [0, 0.1) is 6.92 Å². The maximum Gasteiger partial charge on any atom is 0.229 e. The minimum Gasteiger partial charge on any atom is -0.507 e. The molecule has 10 atom stereocenters. The number of hydrogen-bond acceptors (Lipinski definition) is 15. The number of phenols is 2. The lowest BCUT2D eigenvalue weighted by molar-refractivity contribution is -0.323. The number of fused-ring (bicyclic) bond motifs is 2. The second kappa shape index (κ2) is 11.5. The van der Waals surface area contributed by atoms with Crippen LogP contribution < -0.4 is 4.74 Å². The number of aliphatic hydroxyl groups is 7. The molecule has 1 aliphatic carbocycles. The molecule has 15 heteroatoms. The van der Waals surface area contributed by atoms with E-state index < -0.39 is 103 Å². The van der Waals surface area contributed by atoms with Gasteiger partial charge in [0, 0.05) is 11.1 Å². The summed E-state index contributed by atoms with van der Waals surface area (Å²) in [5, 5.41) is 92.0. The zero-order valence-electron chi connectivity index (χ0n) is 22.0. The second-order valence-corrected chi connectivity index (χ2v) is 10.3. The van der Waals surface area contributed by atoms with Gasteiger partial charge in [-0.2, -0.15) is 0 Å². The van der Waals surface area contributed by atoms with Crippen molar-refractivity contribution >= 4 is 11.6 Å². The molecule has 0 amide bonds. The number of hydrogen-bond donors (Lipinski definition) is 9. The van der Waals surface area contributed by atoms with Crippen molar-refractivity contribution in [1.82, 2.24) is 0 Å². The van der Waals surface area contributed by atoms with Crippen LogP contribution in [0.2, 0.25) is 0 Å². The first-order valence-electron chi connectivity index (χ1n) is 12.9. The van der Waals surface area contributed by atoms with Gasteiger partial charge in [-0.25, -0.2) is 0 Å². The minimum atomic E-state index is -1.88. The summed E-state index contributed by atoms with van der Waals surface area (Å²) in [5.74, 6) is -3.04. The van der Waals surface area contributed by atoms with Crippen molar-refractivity contribution in [2.75, 3.05) is 13.2 Å². The van der Waals surface area contributed by atoms with Gasteiger partial charge in [0.25, 0.3) is 0 Å². The van der Waals surface area contributed by atoms with Gasteiger partial charge in [-0.05, 0) is 30.7 Å². The van der Waals surface area contributed by atoms with E-state index in [0.29, 0.717) is 5.56 Å². The molecule has 2 aromatic rings. The molecule has 228 valence electrons. The summed E-state index contributed by atoms with van der Waals surface area (Å²) in [4.78, 5) is 26.3. The van der Waals surface area contributed by atoms with E-state index in [1.54, 1.807) is 6.92 Å². The highest BCUT2D eigenvalue weighted by Crippen LogP contribution is 2.42. The smallest absolute Gasteiger partial charge is 0.229 e. The fourth-order valence-electron chi connectivity index (χ4n) is 5.14. The molecular formula is C27H30O15. The molecule has 10 unspecified atom stereocenters. The molecule has 2 fully saturated rings. The van der Waals surface area contributed by atoms with Crippen molar-refractivity contribution < 1.29 is 74.5 Å². The number of aliphatic hydroxyl groups excluding tert-OH is 7. The van der Waals surface area contributed by atoms with Crippen LogP contribution in [0.5, 0.6) is 17.2 Å². The maximum absolute atomic E-state index is 13.2. The Bertz CT molecular complexity index is 1380. The summed E-state index contributed by atoms with van der Waals surface area (Å²) in [6.45, 7) is 0.232. The Morgan fingerprint density at radius 3 is 1.83 bits per heavy atom. The van der Waals surface area contributed by atoms with Crippen molar-refractivity contribution in [2.24, 2.45) is 0 Å². The number of carbonyl (C=O) groups is 2. The molecule has 0 bridgehead atoms. The number of carbonyl (C=O) groups excluding carboxylic acids is 2. The third-order valence-electron chi connectivity index (χ3n) is 7.65. The molecule has 2 aromatic carbocycles. The lowest BCUT2D eigenvalue weighted by Crippen LogP contribution is -2.62. The van der Waals surface area contributed by atoms with E-state index in [1.165, 1.54) is 18.2 Å². The maximum atomic E-state index is 13.2. The van der Waals surface area contributed by atoms with E-state index in [4.69, 9.17) is 18.9 Å². The number of rotatable bonds is 6. The summed E-state index contributed by atoms with van der Waals surface area (Å²) in [5.41, 5.74) is -0.588. The Balaban J connectivity index is 1.35. The highest BCUT2D eigenvalue weighted by Gasteiger charge is 2.48. The predicted molar refractivity (Wildman–Crippen MR) is 135 cm³/mol. The second-order valence-electron chi connectivity index (χ2n) is 10.3. The summed E-state index contributed by atoms with van der Waals surface area (Å²) < 4.78 is 21.7. The van der Waals surface area contributed by atoms with Crippen LogP contribution in [-0.4, -0.2) is 132 Å². The predicted octanol–water partition coefficient (Wildman–Crippen LogP) is -2.82. The third kappa shape index (κ3) is 4.92. The van der Waals surface area contributed by atoms with E-state index in [-0.39, 0.29) is 22.4 Å². The molecule has 2 aliphatic heterocycles. The van der Waals surface area contributed by atoms with Gasteiger partial charge < -0.3 is 64.9 Å². The van der Waals surface area contributed by atoms with E-state index in [9.17, 15) is 55.5 Å². The monoisotopic (exact) mass is 594 g/mol. The minimum absolute atomic E-state index is 0.138. The summed E-state index contributed by atoms with van der Waals surface area (Å²) in [6.07, 6.45) is -16.7. The molecule has 42 heavy (non-hydrogen) atoms. The SMILES string of the molecule is Cc1ccc2c(c1O)C(=O)c1ccc(OC3OC(COC4OC(CO)C(O)C(O)C4O)C(O)C(O)C3O)c(O)c1C2=O. The fourth-order valence-corrected chi connectivity index (χ4v) is 5.14. The summed E-state index contributed by atoms with van der Waals surface area (Å²) in [7, 11) is 0. The quantitative estimate of drug-likeness (QED) is 0.140. The standard InChI is InChI=1S/C27H30O15/c1-8-2-3-9-14(16(8)29)17(30)10-4-5-11(19(32)15(10)18(9)31)40-27-25(38)23(36)21(34)13(42-27)7-39-26-24(37)22(35)20(33)12(6-28)41-26/h2-5,12-13,20-29,32-38H,6-7H2,1H3. The van der Waals surface area contributed by atoms with Gasteiger partial charge in [0.1, 0.15) is 54.6 Å². The van der Waals surface area contributed by atoms with Crippen molar-refractivity contribution in [3.05, 3.63) is 52.1 Å². The number of benzene rings is 2. The fraction of sp³-hybridized carbons (Fsp3) is 0.481. The van der Waals surface area contributed by atoms with Gasteiger partial charge in [0.15, 0.2) is 29.4 Å². The number of aromatic hydroxyl groups is 2. The Morgan fingerprint density at radius 2 is 1.21 bits per heavy atom.